The highest BCUT2D eigenvalue weighted by molar-refractivity contribution is 7.92. The lowest BCUT2D eigenvalue weighted by atomic mass is 10.1. The zero-order valence-electron chi connectivity index (χ0n) is 19.1. The molecule has 1 atom stereocenters. The summed E-state index contributed by atoms with van der Waals surface area (Å²) < 4.78 is 36.6. The van der Waals surface area contributed by atoms with Crippen LogP contribution in [-0.4, -0.2) is 41.3 Å². The summed E-state index contributed by atoms with van der Waals surface area (Å²) in [5.74, 6) is 1.08. The van der Waals surface area contributed by atoms with Crippen LogP contribution in [0.15, 0.2) is 36.4 Å². The predicted octanol–water partition coefficient (Wildman–Crippen LogP) is 3.74. The number of ether oxygens (including phenoxy) is 2. The zero-order chi connectivity index (χ0) is 23.2. The Balaban J connectivity index is 2.00. The van der Waals surface area contributed by atoms with Gasteiger partial charge in [0.2, 0.25) is 15.9 Å². The van der Waals surface area contributed by atoms with E-state index in [1.165, 1.54) is 10.6 Å². The van der Waals surface area contributed by atoms with Crippen molar-refractivity contribution in [3.63, 3.8) is 0 Å². The first-order valence-electron chi connectivity index (χ1n) is 10.1. The Morgan fingerprint density at radius 2 is 1.74 bits per heavy atom. The van der Waals surface area contributed by atoms with Crippen LogP contribution < -0.4 is 19.1 Å². The highest BCUT2D eigenvalue weighted by atomic mass is 32.2. The minimum atomic E-state index is -3.46. The number of hydrogen-bond donors (Lipinski definition) is 1. The Morgan fingerprint density at radius 3 is 2.35 bits per heavy atom. The Hall–Kier alpha value is -2.74. The second-order valence-corrected chi connectivity index (χ2v) is 9.54. The largest absolute Gasteiger partial charge is 0.493 e. The molecule has 0 radical (unpaired) electrons. The number of rotatable bonds is 10. The molecule has 0 saturated heterocycles. The number of carbonyl (C=O) groups is 1. The quantitative estimate of drug-likeness (QED) is 0.598. The molecule has 0 aliphatic heterocycles. The van der Waals surface area contributed by atoms with Crippen molar-refractivity contribution >= 4 is 21.6 Å². The number of hydrogen-bond acceptors (Lipinski definition) is 5. The number of benzene rings is 2. The summed E-state index contributed by atoms with van der Waals surface area (Å²) in [6.45, 7) is 5.93. The molecule has 0 unspecified atom stereocenters. The number of amides is 1. The number of nitrogens with zero attached hydrogens (tertiary/aromatic N) is 1. The van der Waals surface area contributed by atoms with Crippen molar-refractivity contribution in [3.05, 3.63) is 53.1 Å². The molecule has 7 nitrogen and oxygen atoms in total. The monoisotopic (exact) mass is 448 g/mol. The van der Waals surface area contributed by atoms with Crippen molar-refractivity contribution in [1.29, 1.82) is 0 Å². The number of sulfonamides is 1. The van der Waals surface area contributed by atoms with Crippen LogP contribution >= 0.6 is 0 Å². The average Bonchev–Trinajstić information content (AvgIpc) is 2.71. The van der Waals surface area contributed by atoms with Gasteiger partial charge >= 0.3 is 0 Å². The maximum absolute atomic E-state index is 12.5. The molecular formula is C23H32N2O5S. The third-order valence-corrected chi connectivity index (χ3v) is 6.26. The first kappa shape index (κ1) is 24.5. The zero-order valence-corrected chi connectivity index (χ0v) is 19.9. The molecule has 0 saturated carbocycles. The van der Waals surface area contributed by atoms with Crippen LogP contribution in [0.25, 0.3) is 0 Å². The SMILES string of the molecule is COc1ccc([C@@H](C)NC(=O)CCCN(c2cc(C)ccc2C)S(C)(=O)=O)cc1OC. The summed E-state index contributed by atoms with van der Waals surface area (Å²) in [6.07, 6.45) is 1.81. The molecule has 0 aromatic heterocycles. The molecule has 2 aromatic rings. The van der Waals surface area contributed by atoms with Crippen LogP contribution in [0.2, 0.25) is 0 Å². The van der Waals surface area contributed by atoms with E-state index in [2.05, 4.69) is 5.32 Å². The lowest BCUT2D eigenvalue weighted by Gasteiger charge is -2.24. The van der Waals surface area contributed by atoms with Crippen molar-refractivity contribution in [2.45, 2.75) is 39.7 Å². The maximum Gasteiger partial charge on any atom is 0.232 e. The van der Waals surface area contributed by atoms with E-state index in [1.54, 1.807) is 20.3 Å². The summed E-state index contributed by atoms with van der Waals surface area (Å²) in [5.41, 5.74) is 3.40. The van der Waals surface area contributed by atoms with Crippen molar-refractivity contribution in [1.82, 2.24) is 5.32 Å². The fraction of sp³-hybridized carbons (Fsp3) is 0.435. The van der Waals surface area contributed by atoms with Crippen molar-refractivity contribution < 1.29 is 22.7 Å². The van der Waals surface area contributed by atoms with Gasteiger partial charge in [-0.15, -0.1) is 0 Å². The maximum atomic E-state index is 12.5. The van der Waals surface area contributed by atoms with E-state index in [0.717, 1.165) is 16.7 Å². The van der Waals surface area contributed by atoms with Crippen LogP contribution in [0.5, 0.6) is 11.5 Å². The van der Waals surface area contributed by atoms with Crippen LogP contribution in [0.1, 0.15) is 42.5 Å². The number of methoxy groups -OCH3 is 2. The Bertz CT molecular complexity index is 1020. The molecule has 0 bridgehead atoms. The van der Waals surface area contributed by atoms with Crippen LogP contribution in [0.4, 0.5) is 5.69 Å². The minimum Gasteiger partial charge on any atom is -0.493 e. The van der Waals surface area contributed by atoms with Crippen molar-refractivity contribution in [2.75, 3.05) is 31.3 Å². The summed E-state index contributed by atoms with van der Waals surface area (Å²) in [5, 5.41) is 2.95. The number of carbonyl (C=O) groups excluding carboxylic acids is 1. The Kier molecular flexibility index (Phi) is 8.33. The van der Waals surface area contributed by atoms with Gasteiger partial charge in [-0.25, -0.2) is 8.42 Å². The Labute approximate surface area is 185 Å². The van der Waals surface area contributed by atoms with Crippen molar-refractivity contribution in [2.24, 2.45) is 0 Å². The van der Waals surface area contributed by atoms with E-state index in [4.69, 9.17) is 9.47 Å². The van der Waals surface area contributed by atoms with Gasteiger partial charge in [0.25, 0.3) is 0 Å². The predicted molar refractivity (Wildman–Crippen MR) is 123 cm³/mol. The lowest BCUT2D eigenvalue weighted by molar-refractivity contribution is -0.121. The molecule has 1 N–H and O–H groups in total. The molecule has 8 heteroatoms. The molecule has 0 fully saturated rings. The molecule has 0 aliphatic carbocycles. The van der Waals surface area contributed by atoms with Gasteiger partial charge in [0.1, 0.15) is 0 Å². The first-order chi connectivity index (χ1) is 14.6. The van der Waals surface area contributed by atoms with Crippen LogP contribution in [-0.2, 0) is 14.8 Å². The summed E-state index contributed by atoms with van der Waals surface area (Å²) >= 11 is 0. The van der Waals surface area contributed by atoms with Gasteiger partial charge < -0.3 is 14.8 Å². The van der Waals surface area contributed by atoms with Gasteiger partial charge in [-0.05, 0) is 62.1 Å². The normalized spacial score (nSPS) is 12.2. The standard InChI is InChI=1S/C23H32N2O5S/c1-16-9-10-17(2)20(14-16)25(31(6,27)28)13-7-8-23(26)24-18(3)19-11-12-21(29-4)22(15-19)30-5/h9-12,14-15,18H,7-8,13H2,1-6H3,(H,24,26)/t18-/m1/s1. The van der Waals surface area contributed by atoms with Gasteiger partial charge in [0.05, 0.1) is 32.2 Å². The molecule has 2 rings (SSSR count). The molecule has 170 valence electrons. The highest BCUT2D eigenvalue weighted by Gasteiger charge is 2.20. The van der Waals surface area contributed by atoms with Crippen LogP contribution in [0.3, 0.4) is 0 Å². The van der Waals surface area contributed by atoms with E-state index in [1.807, 2.05) is 51.1 Å². The summed E-state index contributed by atoms with van der Waals surface area (Å²) in [4.78, 5) is 12.5. The molecule has 1 amide bonds. The summed E-state index contributed by atoms with van der Waals surface area (Å²) in [7, 11) is -0.326. The van der Waals surface area contributed by atoms with Gasteiger partial charge in [0, 0.05) is 13.0 Å². The van der Waals surface area contributed by atoms with E-state index >= 15 is 0 Å². The second kappa shape index (κ2) is 10.5. The third-order valence-electron chi connectivity index (χ3n) is 5.08. The molecule has 2 aromatic carbocycles. The molecule has 0 spiro atoms. The second-order valence-electron chi connectivity index (χ2n) is 7.63. The molecule has 31 heavy (non-hydrogen) atoms. The smallest absolute Gasteiger partial charge is 0.232 e. The number of aryl methyl sites for hydroxylation is 2. The topological polar surface area (TPSA) is 84.9 Å². The fourth-order valence-electron chi connectivity index (χ4n) is 3.36. The van der Waals surface area contributed by atoms with Crippen molar-refractivity contribution in [3.8, 4) is 11.5 Å². The fourth-order valence-corrected chi connectivity index (χ4v) is 4.37. The molecule has 0 aliphatic rings. The first-order valence-corrected chi connectivity index (χ1v) is 12.0. The number of nitrogens with one attached hydrogen (secondary N) is 1. The average molecular weight is 449 g/mol. The van der Waals surface area contributed by atoms with E-state index in [9.17, 15) is 13.2 Å². The number of anilines is 1. The van der Waals surface area contributed by atoms with Gasteiger partial charge in [0.15, 0.2) is 11.5 Å². The summed E-state index contributed by atoms with van der Waals surface area (Å²) in [6, 6.07) is 11.0. The molecule has 0 heterocycles. The van der Waals surface area contributed by atoms with E-state index < -0.39 is 10.0 Å². The lowest BCUT2D eigenvalue weighted by Crippen LogP contribution is -2.33. The minimum absolute atomic E-state index is 0.142. The van der Waals surface area contributed by atoms with E-state index in [-0.39, 0.29) is 24.9 Å². The highest BCUT2D eigenvalue weighted by Crippen LogP contribution is 2.30. The Morgan fingerprint density at radius 1 is 1.06 bits per heavy atom. The third kappa shape index (κ3) is 6.62. The molecular weight excluding hydrogens is 416 g/mol. The van der Waals surface area contributed by atoms with E-state index in [0.29, 0.717) is 23.6 Å². The van der Waals surface area contributed by atoms with Gasteiger partial charge in [-0.3, -0.25) is 9.10 Å². The van der Waals surface area contributed by atoms with Crippen LogP contribution in [0, 0.1) is 13.8 Å². The van der Waals surface area contributed by atoms with Gasteiger partial charge in [-0.1, -0.05) is 18.2 Å². The van der Waals surface area contributed by atoms with Gasteiger partial charge in [-0.2, -0.15) is 0 Å².